The van der Waals surface area contributed by atoms with Crippen molar-refractivity contribution in [2.45, 2.75) is 58.7 Å². The van der Waals surface area contributed by atoms with E-state index in [9.17, 15) is 24.0 Å². The number of carbonyl (C=O) groups excluding carboxylic acids is 5. The molecule has 0 spiro atoms. The van der Waals surface area contributed by atoms with Gasteiger partial charge in [0.05, 0.1) is 19.1 Å². The molecule has 4 atom stereocenters. The summed E-state index contributed by atoms with van der Waals surface area (Å²) < 4.78 is 0. The normalized spacial score (nSPS) is 14.2. The van der Waals surface area contributed by atoms with Crippen LogP contribution in [0, 0.1) is 11.8 Å². The molecule has 1 aromatic carbocycles. The highest BCUT2D eigenvalue weighted by Crippen LogP contribution is 2.08. The minimum absolute atomic E-state index is 0.0815. The van der Waals surface area contributed by atoms with Crippen molar-refractivity contribution in [3.63, 3.8) is 0 Å². The van der Waals surface area contributed by atoms with Crippen molar-refractivity contribution < 1.29 is 24.0 Å². The first-order chi connectivity index (χ1) is 16.6. The zero-order chi connectivity index (χ0) is 26.4. The SMILES string of the molecule is CCC(C)C(NC)C(=O)NCC(=O)NC(Cc1ccccc1)C(=O)NC(C(=O)NCC=O)C(C)C. The van der Waals surface area contributed by atoms with Gasteiger partial charge in [0.15, 0.2) is 0 Å². The summed E-state index contributed by atoms with van der Waals surface area (Å²) in [6.45, 7) is 7.00. The molecular formula is C25H39N5O5. The molecule has 10 heteroatoms. The van der Waals surface area contributed by atoms with Crippen LogP contribution in [0.4, 0.5) is 0 Å². The second kappa shape index (κ2) is 15.6. The Kier molecular flexibility index (Phi) is 13.3. The summed E-state index contributed by atoms with van der Waals surface area (Å²) in [5, 5.41) is 13.4. The van der Waals surface area contributed by atoms with Gasteiger partial charge < -0.3 is 31.4 Å². The van der Waals surface area contributed by atoms with E-state index in [0.717, 1.165) is 12.0 Å². The average molecular weight is 490 g/mol. The number of hydrogen-bond donors (Lipinski definition) is 5. The predicted molar refractivity (Wildman–Crippen MR) is 133 cm³/mol. The van der Waals surface area contributed by atoms with Gasteiger partial charge in [0.2, 0.25) is 23.6 Å². The van der Waals surface area contributed by atoms with Crippen LogP contribution in [0.5, 0.6) is 0 Å². The summed E-state index contributed by atoms with van der Waals surface area (Å²) >= 11 is 0. The molecule has 0 aliphatic carbocycles. The van der Waals surface area contributed by atoms with E-state index in [4.69, 9.17) is 0 Å². The lowest BCUT2D eigenvalue weighted by Gasteiger charge is -2.25. The molecule has 35 heavy (non-hydrogen) atoms. The van der Waals surface area contributed by atoms with Crippen molar-refractivity contribution >= 4 is 29.9 Å². The van der Waals surface area contributed by atoms with Gasteiger partial charge in [-0.25, -0.2) is 0 Å². The van der Waals surface area contributed by atoms with Gasteiger partial charge >= 0.3 is 0 Å². The van der Waals surface area contributed by atoms with Gasteiger partial charge in [-0.2, -0.15) is 0 Å². The lowest BCUT2D eigenvalue weighted by molar-refractivity contribution is -0.133. The van der Waals surface area contributed by atoms with E-state index >= 15 is 0 Å². The molecule has 0 saturated heterocycles. The van der Waals surface area contributed by atoms with Gasteiger partial charge in [0.1, 0.15) is 18.4 Å². The Morgan fingerprint density at radius 3 is 2.06 bits per heavy atom. The lowest BCUT2D eigenvalue weighted by atomic mass is 9.98. The molecule has 4 amide bonds. The summed E-state index contributed by atoms with van der Waals surface area (Å²) in [5.74, 6) is -2.02. The van der Waals surface area contributed by atoms with E-state index in [2.05, 4.69) is 26.6 Å². The second-order valence-corrected chi connectivity index (χ2v) is 8.82. The number of nitrogens with one attached hydrogen (secondary N) is 5. The maximum atomic E-state index is 13.1. The molecule has 0 bridgehead atoms. The summed E-state index contributed by atoms with van der Waals surface area (Å²) in [4.78, 5) is 61.3. The average Bonchev–Trinajstić information content (AvgIpc) is 2.84. The summed E-state index contributed by atoms with van der Waals surface area (Å²) in [7, 11) is 1.69. The Hall–Kier alpha value is -3.27. The fraction of sp³-hybridized carbons (Fsp3) is 0.560. The van der Waals surface area contributed by atoms with Gasteiger partial charge in [-0.1, -0.05) is 64.4 Å². The van der Waals surface area contributed by atoms with Crippen molar-refractivity contribution in [1.82, 2.24) is 26.6 Å². The summed E-state index contributed by atoms with van der Waals surface area (Å²) in [5.41, 5.74) is 0.815. The van der Waals surface area contributed by atoms with Crippen LogP contribution in [0.25, 0.3) is 0 Å². The van der Waals surface area contributed by atoms with Crippen molar-refractivity contribution in [3.05, 3.63) is 35.9 Å². The fourth-order valence-corrected chi connectivity index (χ4v) is 3.53. The van der Waals surface area contributed by atoms with Crippen molar-refractivity contribution in [1.29, 1.82) is 0 Å². The first-order valence-corrected chi connectivity index (χ1v) is 11.9. The molecule has 4 unspecified atom stereocenters. The Morgan fingerprint density at radius 1 is 0.886 bits per heavy atom. The monoisotopic (exact) mass is 489 g/mol. The van der Waals surface area contributed by atoms with Gasteiger partial charge in [0.25, 0.3) is 0 Å². The fourth-order valence-electron chi connectivity index (χ4n) is 3.53. The van der Waals surface area contributed by atoms with Crippen molar-refractivity contribution in [2.24, 2.45) is 11.8 Å². The first-order valence-electron chi connectivity index (χ1n) is 11.9. The maximum absolute atomic E-state index is 13.1. The largest absolute Gasteiger partial charge is 0.348 e. The van der Waals surface area contributed by atoms with Crippen molar-refractivity contribution in [3.8, 4) is 0 Å². The Labute approximate surface area is 207 Å². The second-order valence-electron chi connectivity index (χ2n) is 8.82. The molecule has 194 valence electrons. The lowest BCUT2D eigenvalue weighted by Crippen LogP contribution is -2.57. The van der Waals surface area contributed by atoms with E-state index in [1.165, 1.54) is 0 Å². The third-order valence-corrected chi connectivity index (χ3v) is 5.77. The van der Waals surface area contributed by atoms with Crippen LogP contribution in [-0.2, 0) is 30.4 Å². The van der Waals surface area contributed by atoms with Crippen LogP contribution in [-0.4, -0.2) is 68.2 Å². The van der Waals surface area contributed by atoms with Crippen LogP contribution >= 0.6 is 0 Å². The van der Waals surface area contributed by atoms with E-state index in [-0.39, 0.29) is 37.3 Å². The molecule has 0 aliphatic heterocycles. The first kappa shape index (κ1) is 29.8. The summed E-state index contributed by atoms with van der Waals surface area (Å²) in [6.07, 6.45) is 1.55. The highest BCUT2D eigenvalue weighted by atomic mass is 16.2. The number of rotatable bonds is 15. The van der Waals surface area contributed by atoms with Crippen LogP contribution in [0.2, 0.25) is 0 Å². The van der Waals surface area contributed by atoms with E-state index in [1.807, 2.05) is 44.2 Å². The standard InChI is InChI=1S/C25H39N5O5/c1-6-17(4)22(26-5)25(35)28-15-20(32)29-19(14-18-10-8-7-9-11-18)23(33)30-21(16(2)3)24(34)27-12-13-31/h7-11,13,16-17,19,21-22,26H,6,12,14-15H2,1-5H3,(H,27,34)(H,28,35)(H,29,32)(H,30,33). The van der Waals surface area contributed by atoms with Crippen molar-refractivity contribution in [2.75, 3.05) is 20.1 Å². The summed E-state index contributed by atoms with van der Waals surface area (Å²) in [6, 6.07) is 6.84. The maximum Gasteiger partial charge on any atom is 0.243 e. The van der Waals surface area contributed by atoms with E-state index in [1.54, 1.807) is 20.9 Å². The molecule has 0 fully saturated rings. The number of amides is 4. The molecule has 5 N–H and O–H groups in total. The molecule has 0 radical (unpaired) electrons. The van der Waals surface area contributed by atoms with Gasteiger partial charge in [-0.15, -0.1) is 0 Å². The zero-order valence-corrected chi connectivity index (χ0v) is 21.2. The molecule has 0 saturated carbocycles. The number of carbonyl (C=O) groups is 5. The van der Waals surface area contributed by atoms with Crippen LogP contribution in [0.3, 0.4) is 0 Å². The number of aldehydes is 1. The number of benzene rings is 1. The molecule has 10 nitrogen and oxygen atoms in total. The molecule has 1 rings (SSSR count). The third kappa shape index (κ3) is 10.3. The quantitative estimate of drug-likeness (QED) is 0.218. The van der Waals surface area contributed by atoms with Gasteiger partial charge in [-0.05, 0) is 24.4 Å². The van der Waals surface area contributed by atoms with Gasteiger partial charge in [-0.3, -0.25) is 19.2 Å². The van der Waals surface area contributed by atoms with Crippen LogP contribution in [0.15, 0.2) is 30.3 Å². The van der Waals surface area contributed by atoms with Crippen LogP contribution in [0.1, 0.15) is 39.7 Å². The zero-order valence-electron chi connectivity index (χ0n) is 21.2. The molecule has 0 heterocycles. The highest BCUT2D eigenvalue weighted by molar-refractivity contribution is 5.94. The smallest absolute Gasteiger partial charge is 0.243 e. The molecular weight excluding hydrogens is 450 g/mol. The number of likely N-dealkylation sites (N-methyl/N-ethyl adjacent to an activating group) is 1. The van der Waals surface area contributed by atoms with Gasteiger partial charge in [0, 0.05) is 6.42 Å². The molecule has 0 aliphatic rings. The topological polar surface area (TPSA) is 146 Å². The Balaban J connectivity index is 2.92. The minimum Gasteiger partial charge on any atom is -0.348 e. The Morgan fingerprint density at radius 2 is 1.51 bits per heavy atom. The predicted octanol–water partition coefficient (Wildman–Crippen LogP) is -0.0799. The van der Waals surface area contributed by atoms with E-state index in [0.29, 0.717) is 6.29 Å². The highest BCUT2D eigenvalue weighted by Gasteiger charge is 2.29. The number of hydrogen-bond acceptors (Lipinski definition) is 6. The Bertz CT molecular complexity index is 846. The third-order valence-electron chi connectivity index (χ3n) is 5.77. The minimum atomic E-state index is -0.975. The molecule has 0 aromatic heterocycles. The van der Waals surface area contributed by atoms with Crippen LogP contribution < -0.4 is 26.6 Å². The van der Waals surface area contributed by atoms with E-state index < -0.39 is 35.8 Å². The molecule has 1 aromatic rings.